The van der Waals surface area contributed by atoms with Crippen molar-refractivity contribution in [2.45, 2.75) is 46.7 Å². The summed E-state index contributed by atoms with van der Waals surface area (Å²) in [4.78, 5) is 48.2. The zero-order valence-corrected chi connectivity index (χ0v) is 20.7. The normalized spacial score (nSPS) is 12.7. The highest BCUT2D eigenvalue weighted by molar-refractivity contribution is 5.89. The topological polar surface area (TPSA) is 102 Å². The minimum Gasteiger partial charge on any atom is -0.462 e. The molecule has 3 rings (SSSR count). The van der Waals surface area contributed by atoms with Gasteiger partial charge in [-0.25, -0.2) is 19.1 Å². The van der Waals surface area contributed by atoms with Gasteiger partial charge in [-0.3, -0.25) is 14.3 Å². The van der Waals surface area contributed by atoms with Crippen LogP contribution >= 0.6 is 0 Å². The van der Waals surface area contributed by atoms with E-state index in [9.17, 15) is 14.4 Å². The fourth-order valence-electron chi connectivity index (χ4n) is 4.24. The predicted octanol–water partition coefficient (Wildman–Crippen LogP) is 3.17. The van der Waals surface area contributed by atoms with Gasteiger partial charge in [-0.1, -0.05) is 45.9 Å². The van der Waals surface area contributed by atoms with Crippen molar-refractivity contribution in [1.29, 1.82) is 0 Å². The molecule has 0 aliphatic rings. The zero-order valence-electron chi connectivity index (χ0n) is 20.7. The van der Waals surface area contributed by atoms with Crippen LogP contribution in [0.5, 0.6) is 0 Å². The first-order valence-electron chi connectivity index (χ1n) is 11.8. The summed E-state index contributed by atoms with van der Waals surface area (Å²) in [7, 11) is 1.62. The van der Waals surface area contributed by atoms with Gasteiger partial charge in [-0.2, -0.15) is 0 Å². The number of benzene rings is 1. The highest BCUT2D eigenvalue weighted by Gasteiger charge is 2.27. The van der Waals surface area contributed by atoms with Gasteiger partial charge >= 0.3 is 11.7 Å². The molecule has 1 atom stereocenters. The first-order valence-corrected chi connectivity index (χ1v) is 11.8. The molecule has 0 amide bonds. The summed E-state index contributed by atoms with van der Waals surface area (Å²) in [5, 5.41) is 0. The smallest absolute Gasteiger partial charge is 0.338 e. The Bertz CT molecular complexity index is 1200. The Morgan fingerprint density at radius 3 is 2.35 bits per heavy atom. The number of rotatable bonds is 11. The van der Waals surface area contributed by atoms with Gasteiger partial charge in [0.2, 0.25) is 0 Å². The van der Waals surface area contributed by atoms with Crippen molar-refractivity contribution in [3.05, 3.63) is 63.1 Å². The third-order valence-corrected chi connectivity index (χ3v) is 5.63. The van der Waals surface area contributed by atoms with Crippen molar-refractivity contribution >= 4 is 17.1 Å². The molecule has 1 unspecified atom stereocenters. The van der Waals surface area contributed by atoms with Crippen molar-refractivity contribution in [2.75, 3.05) is 19.7 Å². The third-order valence-electron chi connectivity index (χ3n) is 5.63. The van der Waals surface area contributed by atoms with E-state index in [4.69, 9.17) is 4.74 Å². The molecule has 0 fully saturated rings. The Balaban J connectivity index is 1.90. The molecule has 9 nitrogen and oxygen atoms in total. The number of ether oxygens (including phenoxy) is 1. The monoisotopic (exact) mass is 469 g/mol. The summed E-state index contributed by atoms with van der Waals surface area (Å²) in [5.41, 5.74) is 0.334. The lowest BCUT2D eigenvalue weighted by Gasteiger charge is -2.35. The number of imidazole rings is 1. The lowest BCUT2D eigenvalue weighted by atomic mass is 10.1. The standard InChI is InChI=1S/C25H35N5O4/c1-17(2)14-29(15-18(3)4)20(12-9-13-34-24(32)19-10-7-6-8-11-19)30-23(31)21-22(27-16-26-21)28(5)25(30)33/h6-8,10-11,16-18,20H,9,12-15H2,1-5H3,(H,26,27). The van der Waals surface area contributed by atoms with Crippen molar-refractivity contribution in [2.24, 2.45) is 18.9 Å². The van der Waals surface area contributed by atoms with Gasteiger partial charge in [0.25, 0.3) is 5.56 Å². The van der Waals surface area contributed by atoms with Gasteiger partial charge in [0.1, 0.15) is 5.52 Å². The number of esters is 1. The summed E-state index contributed by atoms with van der Waals surface area (Å²) in [6.45, 7) is 10.1. The third kappa shape index (κ3) is 5.83. The number of carbonyl (C=O) groups excluding carboxylic acids is 1. The second-order valence-corrected chi connectivity index (χ2v) is 9.48. The average molecular weight is 470 g/mol. The van der Waals surface area contributed by atoms with Gasteiger partial charge in [-0.05, 0) is 36.8 Å². The van der Waals surface area contributed by atoms with Crippen LogP contribution in [-0.2, 0) is 11.8 Å². The van der Waals surface area contributed by atoms with E-state index in [1.54, 1.807) is 31.3 Å². The molecular formula is C25H35N5O4. The Kier molecular flexibility index (Phi) is 8.44. The number of hydrogen-bond donors (Lipinski definition) is 1. The number of nitrogens with zero attached hydrogens (tertiary/aromatic N) is 4. The van der Waals surface area contributed by atoms with E-state index < -0.39 is 11.9 Å². The number of H-pyrrole nitrogens is 1. The van der Waals surface area contributed by atoms with Crippen LogP contribution in [0.15, 0.2) is 46.2 Å². The molecule has 3 aromatic rings. The highest BCUT2D eigenvalue weighted by Crippen LogP contribution is 2.21. The average Bonchev–Trinajstić information content (AvgIpc) is 3.29. The molecule has 0 aliphatic heterocycles. The zero-order chi connectivity index (χ0) is 24.8. The molecule has 0 aliphatic carbocycles. The minimum absolute atomic E-state index is 0.197. The molecule has 1 aromatic carbocycles. The maximum atomic E-state index is 13.4. The molecule has 0 bridgehead atoms. The predicted molar refractivity (Wildman–Crippen MR) is 132 cm³/mol. The summed E-state index contributed by atoms with van der Waals surface area (Å²) in [5.74, 6) is 0.297. The van der Waals surface area contributed by atoms with Gasteiger partial charge in [-0.15, -0.1) is 0 Å². The number of fused-ring (bicyclic) bond motifs is 1. The van der Waals surface area contributed by atoms with Crippen molar-refractivity contribution < 1.29 is 9.53 Å². The molecule has 2 heterocycles. The minimum atomic E-state index is -0.473. The summed E-state index contributed by atoms with van der Waals surface area (Å²) in [6, 6.07) is 8.84. The Hall–Kier alpha value is -3.20. The maximum Gasteiger partial charge on any atom is 0.338 e. The van der Waals surface area contributed by atoms with Crippen LogP contribution in [0.1, 0.15) is 57.1 Å². The summed E-state index contributed by atoms with van der Waals surface area (Å²) < 4.78 is 8.18. The van der Waals surface area contributed by atoms with Crippen LogP contribution in [0, 0.1) is 11.8 Å². The second kappa shape index (κ2) is 11.3. The number of hydrogen-bond acceptors (Lipinski definition) is 6. The largest absolute Gasteiger partial charge is 0.462 e. The Morgan fingerprint density at radius 2 is 1.74 bits per heavy atom. The van der Waals surface area contributed by atoms with E-state index in [0.29, 0.717) is 41.4 Å². The number of aryl methyl sites for hydroxylation is 1. The van der Waals surface area contributed by atoms with Crippen molar-refractivity contribution in [1.82, 2.24) is 24.0 Å². The van der Waals surface area contributed by atoms with Crippen molar-refractivity contribution in [3.63, 3.8) is 0 Å². The summed E-state index contributed by atoms with van der Waals surface area (Å²) in [6.07, 6.45) is 1.94. The number of nitrogens with one attached hydrogen (secondary N) is 1. The number of aromatic nitrogens is 4. The molecule has 9 heteroatoms. The second-order valence-electron chi connectivity index (χ2n) is 9.48. The molecule has 0 spiro atoms. The molecule has 34 heavy (non-hydrogen) atoms. The van der Waals surface area contributed by atoms with E-state index in [1.165, 1.54) is 15.5 Å². The number of carbonyl (C=O) groups is 1. The molecule has 0 radical (unpaired) electrons. The van der Waals surface area contributed by atoms with E-state index in [2.05, 4.69) is 42.6 Å². The van der Waals surface area contributed by atoms with E-state index in [-0.39, 0.29) is 18.1 Å². The van der Waals surface area contributed by atoms with Crippen LogP contribution in [0.3, 0.4) is 0 Å². The molecule has 0 saturated heterocycles. The van der Waals surface area contributed by atoms with Crippen molar-refractivity contribution in [3.8, 4) is 0 Å². The Morgan fingerprint density at radius 1 is 1.09 bits per heavy atom. The van der Waals surface area contributed by atoms with Crippen LogP contribution < -0.4 is 11.2 Å². The van der Waals surface area contributed by atoms with Gasteiger partial charge in [0.15, 0.2) is 5.65 Å². The first-order chi connectivity index (χ1) is 16.2. The van der Waals surface area contributed by atoms with Crippen LogP contribution in [0.25, 0.3) is 11.2 Å². The van der Waals surface area contributed by atoms with E-state index >= 15 is 0 Å². The molecule has 184 valence electrons. The van der Waals surface area contributed by atoms with E-state index in [0.717, 1.165) is 13.1 Å². The van der Waals surface area contributed by atoms with Crippen LogP contribution in [0.2, 0.25) is 0 Å². The molecule has 0 saturated carbocycles. The highest BCUT2D eigenvalue weighted by atomic mass is 16.5. The van der Waals surface area contributed by atoms with Gasteiger partial charge < -0.3 is 9.72 Å². The van der Waals surface area contributed by atoms with E-state index in [1.807, 2.05) is 6.07 Å². The lowest BCUT2D eigenvalue weighted by molar-refractivity contribution is 0.0454. The fourth-order valence-corrected chi connectivity index (χ4v) is 4.24. The molecule has 1 N–H and O–H groups in total. The molecule has 2 aromatic heterocycles. The first kappa shape index (κ1) is 25.4. The van der Waals surface area contributed by atoms with Crippen LogP contribution in [-0.4, -0.2) is 49.7 Å². The lowest BCUT2D eigenvalue weighted by Crippen LogP contribution is -2.49. The molecular weight excluding hydrogens is 434 g/mol. The van der Waals surface area contributed by atoms with Gasteiger partial charge in [0.05, 0.1) is 24.7 Å². The number of aromatic amines is 1. The fraction of sp³-hybridized carbons (Fsp3) is 0.520. The maximum absolute atomic E-state index is 13.4. The summed E-state index contributed by atoms with van der Waals surface area (Å²) >= 11 is 0. The van der Waals surface area contributed by atoms with Gasteiger partial charge in [0, 0.05) is 20.1 Å². The Labute approximate surface area is 199 Å². The van der Waals surface area contributed by atoms with Crippen LogP contribution in [0.4, 0.5) is 0 Å². The SMILES string of the molecule is CC(C)CN(CC(C)C)C(CCCOC(=O)c1ccccc1)n1c(=O)c2[nH]cnc2n(C)c1=O. The quantitative estimate of drug-likeness (QED) is 0.342.